The Balaban J connectivity index is 1.16. The number of nitrogens with zero attached hydrogens (tertiary/aromatic N) is 4. The second-order valence-electron chi connectivity index (χ2n) is 10.5. The largest absolute Gasteiger partial charge is 0.351 e. The molecule has 0 spiro atoms. The summed E-state index contributed by atoms with van der Waals surface area (Å²) in [6.45, 7) is 2.00. The van der Waals surface area contributed by atoms with E-state index in [2.05, 4.69) is 70.1 Å². The molecule has 0 atom stereocenters. The molecule has 6 heteroatoms. The van der Waals surface area contributed by atoms with E-state index in [4.69, 9.17) is 15.0 Å². The first kappa shape index (κ1) is 22.3. The van der Waals surface area contributed by atoms with Gasteiger partial charge in [-0.15, -0.1) is 0 Å². The van der Waals surface area contributed by atoms with E-state index in [1.807, 2.05) is 0 Å². The molecule has 1 aliphatic heterocycles. The molecule has 2 aromatic carbocycles. The van der Waals surface area contributed by atoms with Gasteiger partial charge >= 0.3 is 0 Å². The van der Waals surface area contributed by atoms with Crippen LogP contribution in [-0.4, -0.2) is 40.1 Å². The lowest BCUT2D eigenvalue weighted by Crippen LogP contribution is -2.36. The minimum absolute atomic E-state index is 0.332. The molecule has 0 bridgehead atoms. The summed E-state index contributed by atoms with van der Waals surface area (Å²) in [6, 6.07) is 20.4. The molecule has 3 aromatic rings. The van der Waals surface area contributed by atoms with Crippen molar-refractivity contribution < 1.29 is 0 Å². The molecule has 2 N–H and O–H groups in total. The van der Waals surface area contributed by atoms with Crippen molar-refractivity contribution in [2.24, 2.45) is 5.92 Å². The van der Waals surface area contributed by atoms with Gasteiger partial charge in [-0.05, 0) is 67.6 Å². The van der Waals surface area contributed by atoms with E-state index in [0.29, 0.717) is 18.0 Å². The Morgan fingerprint density at radius 1 is 0.686 bits per heavy atom. The summed E-state index contributed by atoms with van der Waals surface area (Å²) >= 11 is 0. The van der Waals surface area contributed by atoms with Gasteiger partial charge in [0.25, 0.3) is 0 Å². The topological polar surface area (TPSA) is 66.0 Å². The van der Waals surface area contributed by atoms with Crippen LogP contribution in [0.4, 0.5) is 17.8 Å². The highest BCUT2D eigenvalue weighted by Crippen LogP contribution is 2.28. The van der Waals surface area contributed by atoms with Gasteiger partial charge in [-0.25, -0.2) is 0 Å². The smallest absolute Gasteiger partial charge is 0.231 e. The maximum absolute atomic E-state index is 4.92. The summed E-state index contributed by atoms with van der Waals surface area (Å²) in [5.74, 6) is 2.98. The van der Waals surface area contributed by atoms with Crippen molar-refractivity contribution in [2.75, 3.05) is 28.6 Å². The Hall–Kier alpha value is -3.15. The Morgan fingerprint density at radius 3 is 1.94 bits per heavy atom. The third-order valence-electron chi connectivity index (χ3n) is 7.96. The molecule has 6 rings (SSSR count). The number of hydrogen-bond donors (Lipinski definition) is 2. The molecule has 0 unspecified atom stereocenters. The summed E-state index contributed by atoms with van der Waals surface area (Å²) in [6.07, 6.45) is 10.5. The summed E-state index contributed by atoms with van der Waals surface area (Å²) in [5, 5.41) is 7.26. The fraction of sp³-hybridized carbons (Fsp3) is 0.483. The summed E-state index contributed by atoms with van der Waals surface area (Å²) in [5.41, 5.74) is 4.31. The van der Waals surface area contributed by atoms with Crippen molar-refractivity contribution in [1.82, 2.24) is 15.0 Å². The van der Waals surface area contributed by atoms with E-state index < -0.39 is 0 Å². The van der Waals surface area contributed by atoms with Gasteiger partial charge in [0, 0.05) is 25.2 Å². The van der Waals surface area contributed by atoms with Crippen LogP contribution in [0.3, 0.4) is 0 Å². The molecule has 2 aliphatic carbocycles. The molecular weight excluding hydrogens is 432 g/mol. The minimum atomic E-state index is 0.332. The molecule has 1 saturated carbocycles. The Kier molecular flexibility index (Phi) is 6.52. The lowest BCUT2D eigenvalue weighted by atomic mass is 9.90. The number of fused-ring (bicyclic) bond motifs is 1. The van der Waals surface area contributed by atoms with Crippen LogP contribution < -0.4 is 15.5 Å². The van der Waals surface area contributed by atoms with E-state index in [9.17, 15) is 0 Å². The highest BCUT2D eigenvalue weighted by Gasteiger charge is 2.26. The molecule has 3 aliphatic rings. The van der Waals surface area contributed by atoms with E-state index in [0.717, 1.165) is 50.2 Å². The highest BCUT2D eigenvalue weighted by atomic mass is 15.3. The molecule has 35 heavy (non-hydrogen) atoms. The van der Waals surface area contributed by atoms with Crippen LogP contribution in [0.25, 0.3) is 0 Å². The summed E-state index contributed by atoms with van der Waals surface area (Å²) in [4.78, 5) is 17.0. The summed E-state index contributed by atoms with van der Waals surface area (Å²) in [7, 11) is 0. The van der Waals surface area contributed by atoms with Crippen LogP contribution >= 0.6 is 0 Å². The van der Waals surface area contributed by atoms with Crippen LogP contribution in [0.5, 0.6) is 0 Å². The first-order chi connectivity index (χ1) is 17.3. The third kappa shape index (κ3) is 5.42. The first-order valence-electron chi connectivity index (χ1n) is 13.4. The molecule has 2 heterocycles. The van der Waals surface area contributed by atoms with E-state index in [1.165, 1.54) is 55.2 Å². The van der Waals surface area contributed by atoms with Gasteiger partial charge in [0.2, 0.25) is 17.8 Å². The Labute approximate surface area is 208 Å². The van der Waals surface area contributed by atoms with Crippen LogP contribution in [0.1, 0.15) is 55.2 Å². The number of nitrogens with one attached hydrogen (secondary N) is 2. The van der Waals surface area contributed by atoms with Gasteiger partial charge < -0.3 is 15.5 Å². The second-order valence-corrected chi connectivity index (χ2v) is 10.5. The molecule has 6 nitrogen and oxygen atoms in total. The molecular formula is C29H36N6. The van der Waals surface area contributed by atoms with E-state index >= 15 is 0 Å². The number of rotatable bonds is 7. The zero-order chi connectivity index (χ0) is 23.5. The van der Waals surface area contributed by atoms with Crippen LogP contribution in [0.15, 0.2) is 54.6 Å². The van der Waals surface area contributed by atoms with Crippen LogP contribution in [0, 0.1) is 5.92 Å². The zero-order valence-electron chi connectivity index (χ0n) is 20.5. The predicted octanol–water partition coefficient (Wildman–Crippen LogP) is 5.26. The Bertz CT molecular complexity index is 1090. The number of benzene rings is 2. The lowest BCUT2D eigenvalue weighted by Gasteiger charge is -2.32. The molecule has 0 amide bonds. The average Bonchev–Trinajstić information content (AvgIpc) is 3.54. The van der Waals surface area contributed by atoms with Crippen molar-refractivity contribution in [1.29, 1.82) is 0 Å². The monoisotopic (exact) mass is 468 g/mol. The predicted molar refractivity (Wildman–Crippen MR) is 142 cm³/mol. The maximum atomic E-state index is 4.92. The lowest BCUT2D eigenvalue weighted by molar-refractivity contribution is 0.400. The van der Waals surface area contributed by atoms with E-state index in [1.54, 1.807) is 0 Å². The normalized spacial score (nSPS) is 19.1. The standard InChI is InChI=1S/C29H36N6/c1-2-8-21(9-3-1)18-22-14-16-35(17-15-22)29-33-27(30-25-12-6-7-13-25)32-28(34-29)31-26-19-23-10-4-5-11-24(23)20-26/h1-5,8-11,22,25-26H,6-7,12-20H2,(H2,30,31,32,33,34). The van der Waals surface area contributed by atoms with Gasteiger partial charge in [-0.3, -0.25) is 0 Å². The van der Waals surface area contributed by atoms with Crippen molar-refractivity contribution in [3.8, 4) is 0 Å². The van der Waals surface area contributed by atoms with E-state index in [-0.39, 0.29) is 0 Å². The number of anilines is 3. The van der Waals surface area contributed by atoms with Crippen molar-refractivity contribution in [3.63, 3.8) is 0 Å². The second kappa shape index (κ2) is 10.2. The van der Waals surface area contributed by atoms with Crippen LogP contribution in [-0.2, 0) is 19.3 Å². The summed E-state index contributed by atoms with van der Waals surface area (Å²) < 4.78 is 0. The molecule has 0 radical (unpaired) electrons. The number of piperidine rings is 1. The van der Waals surface area contributed by atoms with Crippen LogP contribution in [0.2, 0.25) is 0 Å². The average molecular weight is 469 g/mol. The fourth-order valence-corrected chi connectivity index (χ4v) is 6.02. The third-order valence-corrected chi connectivity index (χ3v) is 7.96. The highest BCUT2D eigenvalue weighted by molar-refractivity contribution is 5.46. The molecule has 1 saturated heterocycles. The molecule has 1 aromatic heterocycles. The van der Waals surface area contributed by atoms with Crippen molar-refractivity contribution in [2.45, 2.75) is 69.9 Å². The maximum Gasteiger partial charge on any atom is 0.231 e. The van der Waals surface area contributed by atoms with Crippen molar-refractivity contribution >= 4 is 17.8 Å². The van der Waals surface area contributed by atoms with Gasteiger partial charge in [0.1, 0.15) is 0 Å². The fourth-order valence-electron chi connectivity index (χ4n) is 6.02. The minimum Gasteiger partial charge on any atom is -0.351 e. The first-order valence-corrected chi connectivity index (χ1v) is 13.4. The van der Waals surface area contributed by atoms with Gasteiger partial charge in [0.15, 0.2) is 0 Å². The molecule has 2 fully saturated rings. The zero-order valence-corrected chi connectivity index (χ0v) is 20.5. The van der Waals surface area contributed by atoms with Gasteiger partial charge in [-0.1, -0.05) is 67.4 Å². The number of hydrogen-bond acceptors (Lipinski definition) is 6. The number of aromatic nitrogens is 3. The Morgan fingerprint density at radius 2 is 1.29 bits per heavy atom. The van der Waals surface area contributed by atoms with Crippen molar-refractivity contribution in [3.05, 3.63) is 71.3 Å². The van der Waals surface area contributed by atoms with Gasteiger partial charge in [0.05, 0.1) is 0 Å². The molecule has 182 valence electrons. The SMILES string of the molecule is c1ccc(CC2CCN(c3nc(NC4CCCC4)nc(NC4Cc5ccccc5C4)n3)CC2)cc1. The quantitative estimate of drug-likeness (QED) is 0.493. The van der Waals surface area contributed by atoms with Gasteiger partial charge in [-0.2, -0.15) is 15.0 Å².